The number of halogens is 1. The minimum Gasteiger partial charge on any atom is -0.334 e. The number of carbonyl (C=O) groups excluding carboxylic acids is 1. The van der Waals surface area contributed by atoms with Crippen LogP contribution in [0.2, 0.25) is 0 Å². The fourth-order valence-corrected chi connectivity index (χ4v) is 2.29. The largest absolute Gasteiger partial charge is 0.334 e. The van der Waals surface area contributed by atoms with Crippen molar-refractivity contribution in [2.75, 3.05) is 0 Å². The van der Waals surface area contributed by atoms with E-state index in [-0.39, 0.29) is 23.7 Å². The lowest BCUT2D eigenvalue weighted by Crippen LogP contribution is -2.47. The van der Waals surface area contributed by atoms with Gasteiger partial charge < -0.3 is 10.6 Å². The van der Waals surface area contributed by atoms with E-state index in [1.807, 2.05) is 24.8 Å². The number of benzene rings is 1. The molecule has 20 heavy (non-hydrogen) atoms. The van der Waals surface area contributed by atoms with Gasteiger partial charge in [0, 0.05) is 12.6 Å². The van der Waals surface area contributed by atoms with Crippen LogP contribution in [0.3, 0.4) is 0 Å². The summed E-state index contributed by atoms with van der Waals surface area (Å²) >= 11 is 0. The average molecular weight is 278 g/mol. The van der Waals surface area contributed by atoms with Crippen molar-refractivity contribution in [3.63, 3.8) is 0 Å². The Morgan fingerprint density at radius 2 is 2.20 bits per heavy atom. The van der Waals surface area contributed by atoms with Crippen LogP contribution in [-0.2, 0) is 11.3 Å². The molecule has 2 rings (SSSR count). The molecule has 110 valence electrons. The Balaban J connectivity index is 2.09. The van der Waals surface area contributed by atoms with E-state index in [2.05, 4.69) is 0 Å². The summed E-state index contributed by atoms with van der Waals surface area (Å²) < 4.78 is 13.2. The number of nitrogens with two attached hydrogens (primary N) is 1. The third-order valence-electron chi connectivity index (χ3n) is 4.05. The van der Waals surface area contributed by atoms with Gasteiger partial charge in [-0.3, -0.25) is 4.79 Å². The highest BCUT2D eigenvalue weighted by atomic mass is 19.1. The molecule has 2 atom stereocenters. The highest BCUT2D eigenvalue weighted by Gasteiger charge is 2.35. The van der Waals surface area contributed by atoms with Crippen molar-refractivity contribution < 1.29 is 9.18 Å². The monoisotopic (exact) mass is 278 g/mol. The lowest BCUT2D eigenvalue weighted by atomic mass is 9.98. The van der Waals surface area contributed by atoms with E-state index >= 15 is 0 Å². The van der Waals surface area contributed by atoms with Gasteiger partial charge in [-0.1, -0.05) is 32.4 Å². The zero-order valence-corrected chi connectivity index (χ0v) is 12.2. The van der Waals surface area contributed by atoms with Gasteiger partial charge in [0.15, 0.2) is 0 Å². The second kappa shape index (κ2) is 6.35. The molecule has 1 fully saturated rings. The van der Waals surface area contributed by atoms with Crippen LogP contribution in [0, 0.1) is 11.7 Å². The van der Waals surface area contributed by atoms with Crippen LogP contribution in [0.1, 0.15) is 38.7 Å². The molecule has 0 aliphatic heterocycles. The van der Waals surface area contributed by atoms with Crippen LogP contribution in [-0.4, -0.2) is 22.9 Å². The van der Waals surface area contributed by atoms with Crippen molar-refractivity contribution in [1.29, 1.82) is 0 Å². The molecule has 1 aliphatic carbocycles. The summed E-state index contributed by atoms with van der Waals surface area (Å²) in [6, 6.07) is 6.24. The Kier molecular flexibility index (Phi) is 4.76. The summed E-state index contributed by atoms with van der Waals surface area (Å²) in [4.78, 5) is 14.3. The lowest BCUT2D eigenvalue weighted by Gasteiger charge is -2.28. The molecule has 0 aromatic heterocycles. The van der Waals surface area contributed by atoms with E-state index in [1.165, 1.54) is 12.1 Å². The van der Waals surface area contributed by atoms with Crippen molar-refractivity contribution >= 4 is 5.91 Å². The highest BCUT2D eigenvalue weighted by Crippen LogP contribution is 2.29. The number of nitrogens with zero attached hydrogens (tertiary/aromatic N) is 1. The first kappa shape index (κ1) is 15.0. The molecule has 1 aromatic carbocycles. The Hall–Kier alpha value is -1.42. The number of carbonyl (C=O) groups is 1. The maximum Gasteiger partial charge on any atom is 0.240 e. The van der Waals surface area contributed by atoms with E-state index in [9.17, 15) is 9.18 Å². The zero-order valence-electron chi connectivity index (χ0n) is 12.2. The van der Waals surface area contributed by atoms with Crippen LogP contribution < -0.4 is 5.73 Å². The first-order chi connectivity index (χ1) is 9.52. The summed E-state index contributed by atoms with van der Waals surface area (Å²) in [6.45, 7) is 4.48. The maximum absolute atomic E-state index is 13.2. The van der Waals surface area contributed by atoms with E-state index < -0.39 is 6.04 Å². The molecule has 3 nitrogen and oxygen atoms in total. The van der Waals surface area contributed by atoms with Crippen molar-refractivity contribution in [3.05, 3.63) is 35.6 Å². The molecule has 1 aromatic rings. The first-order valence-corrected chi connectivity index (χ1v) is 7.33. The van der Waals surface area contributed by atoms with E-state index in [1.54, 1.807) is 6.07 Å². The molecule has 0 bridgehead atoms. The van der Waals surface area contributed by atoms with Gasteiger partial charge in [0.05, 0.1) is 6.04 Å². The smallest absolute Gasteiger partial charge is 0.240 e. The number of amides is 1. The zero-order chi connectivity index (χ0) is 14.7. The molecule has 0 heterocycles. The van der Waals surface area contributed by atoms with Crippen molar-refractivity contribution in [1.82, 2.24) is 4.90 Å². The summed E-state index contributed by atoms with van der Waals surface area (Å²) in [5.74, 6) is -0.112. The number of hydrogen-bond donors (Lipinski definition) is 1. The molecule has 0 radical (unpaired) electrons. The predicted octanol–water partition coefficient (Wildman–Crippen LogP) is 2.69. The van der Waals surface area contributed by atoms with Gasteiger partial charge >= 0.3 is 0 Å². The minimum absolute atomic E-state index is 0.00823. The van der Waals surface area contributed by atoms with E-state index in [0.29, 0.717) is 6.54 Å². The molecule has 2 N–H and O–H groups in total. The Morgan fingerprint density at radius 1 is 1.50 bits per heavy atom. The number of rotatable bonds is 6. The highest BCUT2D eigenvalue weighted by molar-refractivity contribution is 5.82. The Morgan fingerprint density at radius 3 is 2.75 bits per heavy atom. The van der Waals surface area contributed by atoms with Gasteiger partial charge in [0.25, 0.3) is 0 Å². The average Bonchev–Trinajstić information content (AvgIpc) is 3.27. The van der Waals surface area contributed by atoms with Crippen LogP contribution in [0.15, 0.2) is 24.3 Å². The minimum atomic E-state index is -0.464. The summed E-state index contributed by atoms with van der Waals surface area (Å²) in [6.07, 6.45) is 2.92. The predicted molar refractivity (Wildman–Crippen MR) is 77.4 cm³/mol. The van der Waals surface area contributed by atoms with E-state index in [4.69, 9.17) is 5.73 Å². The van der Waals surface area contributed by atoms with Crippen molar-refractivity contribution in [2.24, 2.45) is 11.7 Å². The SMILES string of the molecule is CC[C@H](C)[C@H](N)C(=O)N(Cc1cccc(F)c1)C1CC1. The standard InChI is InChI=1S/C16H23FN2O/c1-3-11(2)15(18)16(20)19(14-7-8-14)10-12-5-4-6-13(17)9-12/h4-6,9,11,14-15H,3,7-8,10,18H2,1-2H3/t11-,15-/m0/s1. The van der Waals surface area contributed by atoms with Crippen LogP contribution >= 0.6 is 0 Å². The van der Waals surface area contributed by atoms with Crippen LogP contribution in [0.5, 0.6) is 0 Å². The molecule has 1 aliphatic rings. The van der Waals surface area contributed by atoms with E-state index in [0.717, 1.165) is 24.8 Å². The molecule has 4 heteroatoms. The Bertz CT molecular complexity index is 473. The van der Waals surface area contributed by atoms with Crippen LogP contribution in [0.25, 0.3) is 0 Å². The lowest BCUT2D eigenvalue weighted by molar-refractivity contribution is -0.135. The molecule has 0 spiro atoms. The fourth-order valence-electron chi connectivity index (χ4n) is 2.29. The van der Waals surface area contributed by atoms with Gasteiger partial charge in [0.2, 0.25) is 5.91 Å². The number of hydrogen-bond acceptors (Lipinski definition) is 2. The molecule has 0 unspecified atom stereocenters. The second-order valence-corrected chi connectivity index (χ2v) is 5.74. The Labute approximate surface area is 120 Å². The topological polar surface area (TPSA) is 46.3 Å². The van der Waals surface area contributed by atoms with Crippen molar-refractivity contribution in [3.8, 4) is 0 Å². The van der Waals surface area contributed by atoms with Gasteiger partial charge in [-0.2, -0.15) is 0 Å². The normalized spacial score (nSPS) is 17.6. The maximum atomic E-state index is 13.2. The summed E-state index contributed by atoms with van der Waals surface area (Å²) in [7, 11) is 0. The molecular weight excluding hydrogens is 255 g/mol. The molecular formula is C16H23FN2O. The third-order valence-corrected chi connectivity index (χ3v) is 4.05. The summed E-state index contributed by atoms with van der Waals surface area (Å²) in [5.41, 5.74) is 6.88. The summed E-state index contributed by atoms with van der Waals surface area (Å²) in [5, 5.41) is 0. The van der Waals surface area contributed by atoms with Crippen LogP contribution in [0.4, 0.5) is 4.39 Å². The second-order valence-electron chi connectivity index (χ2n) is 5.74. The molecule has 1 saturated carbocycles. The van der Waals surface area contributed by atoms with Gasteiger partial charge in [-0.25, -0.2) is 4.39 Å². The first-order valence-electron chi connectivity index (χ1n) is 7.33. The fraction of sp³-hybridized carbons (Fsp3) is 0.562. The van der Waals surface area contributed by atoms with Gasteiger partial charge in [0.1, 0.15) is 5.82 Å². The molecule has 1 amide bonds. The molecule has 0 saturated heterocycles. The van der Waals surface area contributed by atoms with Gasteiger partial charge in [-0.05, 0) is 36.5 Å². The van der Waals surface area contributed by atoms with Gasteiger partial charge in [-0.15, -0.1) is 0 Å². The third kappa shape index (κ3) is 3.57. The quantitative estimate of drug-likeness (QED) is 0.869. The van der Waals surface area contributed by atoms with Crippen molar-refractivity contribution in [2.45, 2.75) is 51.7 Å².